The number of hydrogen-bond donors (Lipinski definition) is 1. The smallest absolute Gasteiger partial charge is 0.272 e. The monoisotopic (exact) mass is 340 g/mol. The zero-order chi connectivity index (χ0) is 17.6. The number of carbonyl (C=O) groups excluding carboxylic acids is 1. The number of anilines is 1. The highest BCUT2D eigenvalue weighted by Gasteiger charge is 2.21. The lowest BCUT2D eigenvalue weighted by Crippen LogP contribution is -2.29. The predicted molar refractivity (Wildman–Crippen MR) is 97.1 cm³/mol. The number of benzene rings is 1. The third kappa shape index (κ3) is 4.26. The zero-order valence-electron chi connectivity index (χ0n) is 14.8. The highest BCUT2D eigenvalue weighted by molar-refractivity contribution is 5.92. The Hall–Kier alpha value is -2.63. The Morgan fingerprint density at radius 1 is 1.24 bits per heavy atom. The van der Waals surface area contributed by atoms with Gasteiger partial charge in [-0.15, -0.1) is 0 Å². The number of likely N-dealkylation sites (tertiary alicyclic amines) is 1. The van der Waals surface area contributed by atoms with Crippen molar-refractivity contribution < 1.29 is 9.53 Å². The van der Waals surface area contributed by atoms with E-state index in [0.717, 1.165) is 49.4 Å². The minimum absolute atomic E-state index is 0.00391. The second-order valence-electron chi connectivity index (χ2n) is 6.21. The van der Waals surface area contributed by atoms with E-state index in [2.05, 4.69) is 15.3 Å². The molecular weight excluding hydrogens is 316 g/mol. The fourth-order valence-corrected chi connectivity index (χ4v) is 3.06. The summed E-state index contributed by atoms with van der Waals surface area (Å²) in [7, 11) is 1.67. The molecule has 2 heterocycles. The van der Waals surface area contributed by atoms with E-state index >= 15 is 0 Å². The van der Waals surface area contributed by atoms with Gasteiger partial charge in [-0.05, 0) is 43.9 Å². The van der Waals surface area contributed by atoms with Crippen molar-refractivity contribution in [3.05, 3.63) is 47.3 Å². The van der Waals surface area contributed by atoms with Crippen LogP contribution in [0.1, 0.15) is 34.6 Å². The second kappa shape index (κ2) is 7.96. The van der Waals surface area contributed by atoms with E-state index in [1.165, 1.54) is 0 Å². The van der Waals surface area contributed by atoms with E-state index in [4.69, 9.17) is 4.74 Å². The van der Waals surface area contributed by atoms with Crippen LogP contribution >= 0.6 is 0 Å². The zero-order valence-corrected chi connectivity index (χ0v) is 14.8. The molecule has 2 aromatic rings. The molecule has 1 saturated heterocycles. The van der Waals surface area contributed by atoms with Crippen LogP contribution in [0.4, 0.5) is 5.95 Å². The van der Waals surface area contributed by atoms with E-state index in [1.54, 1.807) is 13.2 Å². The molecule has 1 aliphatic rings. The Bertz CT molecular complexity index is 742. The van der Waals surface area contributed by atoms with Gasteiger partial charge in [-0.2, -0.15) is 0 Å². The van der Waals surface area contributed by atoms with Crippen molar-refractivity contribution in [1.29, 1.82) is 0 Å². The topological polar surface area (TPSA) is 67.3 Å². The number of methoxy groups -OCH3 is 1. The van der Waals surface area contributed by atoms with Crippen molar-refractivity contribution in [2.75, 3.05) is 32.1 Å². The average Bonchev–Trinajstić information content (AvgIpc) is 3.15. The molecule has 0 radical (unpaired) electrons. The molecule has 6 heteroatoms. The number of rotatable bonds is 6. The standard InChI is InChI=1S/C19H24N4O2/c1-14-13-16(18(24)23-11-5-6-12-23)22-19(21-14)20-10-9-15-7-3-4-8-17(15)25-2/h3-4,7-8,13H,5-6,9-12H2,1-2H3,(H,20,21,22). The van der Waals surface area contributed by atoms with E-state index in [0.29, 0.717) is 18.2 Å². The van der Waals surface area contributed by atoms with Crippen LogP contribution in [0.5, 0.6) is 5.75 Å². The van der Waals surface area contributed by atoms with Gasteiger partial charge < -0.3 is 15.0 Å². The average molecular weight is 340 g/mol. The van der Waals surface area contributed by atoms with Gasteiger partial charge in [0, 0.05) is 25.3 Å². The van der Waals surface area contributed by atoms with Crippen molar-refractivity contribution in [3.8, 4) is 5.75 Å². The first kappa shape index (κ1) is 17.2. The molecule has 0 bridgehead atoms. The number of nitrogens with one attached hydrogen (secondary N) is 1. The summed E-state index contributed by atoms with van der Waals surface area (Å²) in [5.41, 5.74) is 2.38. The molecule has 1 fully saturated rings. The molecule has 3 rings (SSSR count). The Morgan fingerprint density at radius 3 is 2.76 bits per heavy atom. The SMILES string of the molecule is COc1ccccc1CCNc1nc(C)cc(C(=O)N2CCCC2)n1. The molecule has 0 aliphatic carbocycles. The fourth-order valence-electron chi connectivity index (χ4n) is 3.06. The van der Waals surface area contributed by atoms with E-state index < -0.39 is 0 Å². The van der Waals surface area contributed by atoms with Crippen molar-refractivity contribution >= 4 is 11.9 Å². The molecule has 6 nitrogen and oxygen atoms in total. The number of amides is 1. The molecule has 132 valence electrons. The molecule has 1 aliphatic heterocycles. The molecule has 0 spiro atoms. The molecule has 1 N–H and O–H groups in total. The third-order valence-corrected chi connectivity index (χ3v) is 4.34. The number of aromatic nitrogens is 2. The van der Waals surface area contributed by atoms with Gasteiger partial charge in [-0.3, -0.25) is 4.79 Å². The summed E-state index contributed by atoms with van der Waals surface area (Å²) < 4.78 is 5.37. The van der Waals surface area contributed by atoms with Crippen LogP contribution in [0, 0.1) is 6.92 Å². The molecule has 0 atom stereocenters. The first-order valence-corrected chi connectivity index (χ1v) is 8.68. The Morgan fingerprint density at radius 2 is 2.00 bits per heavy atom. The fraction of sp³-hybridized carbons (Fsp3) is 0.421. The summed E-state index contributed by atoms with van der Waals surface area (Å²) in [6.45, 7) is 4.19. The summed E-state index contributed by atoms with van der Waals surface area (Å²) in [4.78, 5) is 23.2. The maximum Gasteiger partial charge on any atom is 0.272 e. The van der Waals surface area contributed by atoms with Crippen molar-refractivity contribution in [3.63, 3.8) is 0 Å². The largest absolute Gasteiger partial charge is 0.496 e. The number of ether oxygens (including phenoxy) is 1. The Balaban J connectivity index is 1.65. The molecule has 0 saturated carbocycles. The van der Waals surface area contributed by atoms with E-state index in [9.17, 15) is 4.79 Å². The minimum Gasteiger partial charge on any atom is -0.496 e. The van der Waals surface area contributed by atoms with Crippen LogP contribution in [0.2, 0.25) is 0 Å². The van der Waals surface area contributed by atoms with Gasteiger partial charge in [-0.25, -0.2) is 9.97 Å². The molecule has 1 aromatic heterocycles. The van der Waals surface area contributed by atoms with Crippen LogP contribution in [0.15, 0.2) is 30.3 Å². The normalized spacial score (nSPS) is 13.8. The first-order chi connectivity index (χ1) is 12.2. The highest BCUT2D eigenvalue weighted by Crippen LogP contribution is 2.18. The number of para-hydroxylation sites is 1. The van der Waals surface area contributed by atoms with Crippen molar-refractivity contribution in [1.82, 2.24) is 14.9 Å². The first-order valence-electron chi connectivity index (χ1n) is 8.68. The van der Waals surface area contributed by atoms with Gasteiger partial charge in [0.15, 0.2) is 0 Å². The van der Waals surface area contributed by atoms with Crippen LogP contribution < -0.4 is 10.1 Å². The van der Waals surface area contributed by atoms with Crippen LogP contribution in [0.3, 0.4) is 0 Å². The summed E-state index contributed by atoms with van der Waals surface area (Å²) in [6, 6.07) is 9.70. The summed E-state index contributed by atoms with van der Waals surface area (Å²) in [6.07, 6.45) is 2.93. The minimum atomic E-state index is -0.00391. The maximum absolute atomic E-state index is 12.5. The molecular formula is C19H24N4O2. The highest BCUT2D eigenvalue weighted by atomic mass is 16.5. The number of hydrogen-bond acceptors (Lipinski definition) is 5. The lowest BCUT2D eigenvalue weighted by molar-refractivity contribution is 0.0787. The number of nitrogens with zero attached hydrogens (tertiary/aromatic N) is 3. The molecule has 1 amide bonds. The third-order valence-electron chi connectivity index (χ3n) is 4.34. The second-order valence-corrected chi connectivity index (χ2v) is 6.21. The summed E-state index contributed by atoms with van der Waals surface area (Å²) in [5.74, 6) is 1.37. The molecule has 25 heavy (non-hydrogen) atoms. The van der Waals surface area contributed by atoms with Crippen LogP contribution in [0.25, 0.3) is 0 Å². The quantitative estimate of drug-likeness (QED) is 0.876. The lowest BCUT2D eigenvalue weighted by Gasteiger charge is -2.15. The van der Waals surface area contributed by atoms with Crippen molar-refractivity contribution in [2.45, 2.75) is 26.2 Å². The Labute approximate surface area is 148 Å². The van der Waals surface area contributed by atoms with Gasteiger partial charge in [0.05, 0.1) is 7.11 Å². The van der Waals surface area contributed by atoms with Gasteiger partial charge >= 0.3 is 0 Å². The van der Waals surface area contributed by atoms with E-state index in [-0.39, 0.29) is 5.91 Å². The number of aryl methyl sites for hydroxylation is 1. The van der Waals surface area contributed by atoms with Crippen molar-refractivity contribution in [2.24, 2.45) is 0 Å². The van der Waals surface area contributed by atoms with Gasteiger partial charge in [-0.1, -0.05) is 18.2 Å². The summed E-state index contributed by atoms with van der Waals surface area (Å²) >= 11 is 0. The van der Waals surface area contributed by atoms with Crippen LogP contribution in [-0.2, 0) is 6.42 Å². The summed E-state index contributed by atoms with van der Waals surface area (Å²) in [5, 5.41) is 3.22. The van der Waals surface area contributed by atoms with E-state index in [1.807, 2.05) is 36.1 Å². The number of carbonyl (C=O) groups is 1. The maximum atomic E-state index is 12.5. The molecule has 1 aromatic carbocycles. The lowest BCUT2D eigenvalue weighted by atomic mass is 10.1. The van der Waals surface area contributed by atoms with Gasteiger partial charge in [0.1, 0.15) is 11.4 Å². The predicted octanol–water partition coefficient (Wildman–Crippen LogP) is 2.68. The Kier molecular flexibility index (Phi) is 5.48. The van der Waals surface area contributed by atoms with Gasteiger partial charge in [0.2, 0.25) is 5.95 Å². The molecule has 0 unspecified atom stereocenters. The van der Waals surface area contributed by atoms with Crippen LogP contribution in [-0.4, -0.2) is 47.5 Å². The van der Waals surface area contributed by atoms with Gasteiger partial charge in [0.25, 0.3) is 5.91 Å².